The predicted octanol–water partition coefficient (Wildman–Crippen LogP) is -1.10. The molecule has 0 aliphatic heterocycles. The van der Waals surface area contributed by atoms with Gasteiger partial charge in [0, 0.05) is 0 Å². The van der Waals surface area contributed by atoms with Crippen LogP contribution in [-0.4, -0.2) is 16.9 Å². The summed E-state index contributed by atoms with van der Waals surface area (Å²) in [5, 5.41) is 18.0. The Morgan fingerprint density at radius 1 is 1.56 bits per heavy atom. The first-order valence-electron chi connectivity index (χ1n) is 2.16. The van der Waals surface area contributed by atoms with Crippen LogP contribution < -0.4 is 5.11 Å². The molecule has 0 heterocycles. The quantitative estimate of drug-likeness (QED) is 0.379. The van der Waals surface area contributed by atoms with Crippen LogP contribution >= 0.6 is 0 Å². The molecule has 0 aromatic carbocycles. The number of carbonyl (C=O) groups is 2. The molecule has 0 aliphatic rings. The molecule has 0 fully saturated rings. The molecule has 0 atom stereocenters. The standard InChI is InChI=1S/C5H6O4/c1-3(6)2-4(7)5(8)9/h2,7H,1H3,(H,8,9)/p-1/b4-2-. The molecule has 0 aromatic rings. The number of carbonyl (C=O) groups excluding carboxylic acids is 1. The zero-order chi connectivity index (χ0) is 7.44. The summed E-state index contributed by atoms with van der Waals surface area (Å²) in [5.41, 5.74) is 0. The molecule has 0 amide bonds. The van der Waals surface area contributed by atoms with E-state index in [1.807, 2.05) is 0 Å². The van der Waals surface area contributed by atoms with Crippen LogP contribution in [0.4, 0.5) is 0 Å². The summed E-state index contributed by atoms with van der Waals surface area (Å²) in [6.45, 7) is 1.11. The maximum atomic E-state index is 10.1. The zero-order valence-corrected chi connectivity index (χ0v) is 4.75. The van der Waals surface area contributed by atoms with Gasteiger partial charge in [-0.1, -0.05) is 0 Å². The van der Waals surface area contributed by atoms with Crippen molar-refractivity contribution >= 4 is 11.8 Å². The minimum Gasteiger partial charge on any atom is -0.868 e. The molecular formula is C5H5O4-. The molecule has 0 bridgehead atoms. The summed E-state index contributed by atoms with van der Waals surface area (Å²) >= 11 is 0. The number of carboxylic acids is 1. The van der Waals surface area contributed by atoms with Crippen molar-refractivity contribution in [3.05, 3.63) is 11.8 Å². The fourth-order valence-electron chi connectivity index (χ4n) is 0.246. The van der Waals surface area contributed by atoms with Crippen molar-refractivity contribution in [2.45, 2.75) is 6.92 Å². The van der Waals surface area contributed by atoms with Crippen molar-refractivity contribution in [2.75, 3.05) is 0 Å². The number of hydrogen-bond donors (Lipinski definition) is 1. The van der Waals surface area contributed by atoms with Gasteiger partial charge in [-0.15, -0.1) is 0 Å². The number of aliphatic carboxylic acids is 1. The third kappa shape index (κ3) is 3.28. The molecule has 4 heteroatoms. The molecule has 4 nitrogen and oxygen atoms in total. The molecule has 0 unspecified atom stereocenters. The van der Waals surface area contributed by atoms with Crippen molar-refractivity contribution < 1.29 is 19.8 Å². The number of carboxylic acid groups (broad SMARTS) is 1. The van der Waals surface area contributed by atoms with Gasteiger partial charge in [0.25, 0.3) is 0 Å². The van der Waals surface area contributed by atoms with Crippen molar-refractivity contribution in [3.63, 3.8) is 0 Å². The van der Waals surface area contributed by atoms with Crippen molar-refractivity contribution in [1.29, 1.82) is 0 Å². The van der Waals surface area contributed by atoms with E-state index in [-0.39, 0.29) is 0 Å². The Hall–Kier alpha value is -1.32. The fraction of sp³-hybridized carbons (Fsp3) is 0.200. The van der Waals surface area contributed by atoms with Gasteiger partial charge in [0.15, 0.2) is 5.78 Å². The first-order chi connectivity index (χ1) is 4.04. The van der Waals surface area contributed by atoms with Crippen LogP contribution in [0.1, 0.15) is 6.92 Å². The van der Waals surface area contributed by atoms with E-state index in [0.29, 0.717) is 6.08 Å². The normalized spacial score (nSPS) is 11.0. The molecule has 50 valence electrons. The molecule has 0 rings (SSSR count). The number of ketones is 1. The number of rotatable bonds is 2. The number of hydrogen-bond acceptors (Lipinski definition) is 3. The second kappa shape index (κ2) is 2.86. The first kappa shape index (κ1) is 7.68. The molecule has 0 spiro atoms. The van der Waals surface area contributed by atoms with Crippen molar-refractivity contribution in [1.82, 2.24) is 0 Å². The second-order valence-corrected chi connectivity index (χ2v) is 1.42. The highest BCUT2D eigenvalue weighted by molar-refractivity contribution is 5.95. The first-order valence-corrected chi connectivity index (χ1v) is 2.16. The zero-order valence-electron chi connectivity index (χ0n) is 4.75. The Labute approximate surface area is 51.4 Å². The highest BCUT2D eigenvalue weighted by atomic mass is 16.4. The molecule has 9 heavy (non-hydrogen) atoms. The van der Waals surface area contributed by atoms with E-state index < -0.39 is 17.5 Å². The van der Waals surface area contributed by atoms with Gasteiger partial charge in [0.2, 0.25) is 0 Å². The van der Waals surface area contributed by atoms with Crippen molar-refractivity contribution in [2.24, 2.45) is 0 Å². The third-order valence-corrected chi connectivity index (χ3v) is 0.545. The van der Waals surface area contributed by atoms with Gasteiger partial charge in [-0.25, -0.2) is 4.79 Å². The van der Waals surface area contributed by atoms with Crippen LogP contribution in [0.5, 0.6) is 0 Å². The Bertz CT molecular complexity index is 168. The van der Waals surface area contributed by atoms with E-state index in [9.17, 15) is 14.7 Å². The Balaban J connectivity index is 4.17. The maximum Gasteiger partial charge on any atom is 0.320 e. The average molecular weight is 129 g/mol. The Kier molecular flexibility index (Phi) is 2.44. The Morgan fingerprint density at radius 2 is 2.00 bits per heavy atom. The van der Waals surface area contributed by atoms with Gasteiger partial charge >= 0.3 is 5.97 Å². The van der Waals surface area contributed by atoms with Crippen LogP contribution in [0.25, 0.3) is 0 Å². The van der Waals surface area contributed by atoms with Gasteiger partial charge in [-0.2, -0.15) is 0 Å². The van der Waals surface area contributed by atoms with Gasteiger partial charge in [-0.05, 0) is 18.8 Å². The molecule has 0 saturated heterocycles. The average Bonchev–Trinajstić information content (AvgIpc) is 1.63. The summed E-state index contributed by atoms with van der Waals surface area (Å²) in [6.07, 6.45) is 0.530. The van der Waals surface area contributed by atoms with E-state index >= 15 is 0 Å². The lowest BCUT2D eigenvalue weighted by molar-refractivity contribution is -0.302. The Morgan fingerprint density at radius 3 is 2.11 bits per heavy atom. The summed E-state index contributed by atoms with van der Waals surface area (Å²) in [7, 11) is 0. The van der Waals surface area contributed by atoms with E-state index in [0.717, 1.165) is 6.92 Å². The van der Waals surface area contributed by atoms with Crippen LogP contribution in [0.15, 0.2) is 11.8 Å². The van der Waals surface area contributed by atoms with Gasteiger partial charge in [0.05, 0.1) is 0 Å². The monoisotopic (exact) mass is 129 g/mol. The summed E-state index contributed by atoms with van der Waals surface area (Å²) in [5.74, 6) is -3.34. The van der Waals surface area contributed by atoms with E-state index in [2.05, 4.69) is 0 Å². The highest BCUT2D eigenvalue weighted by Crippen LogP contribution is 1.82. The second-order valence-electron chi connectivity index (χ2n) is 1.42. The molecule has 0 radical (unpaired) electrons. The summed E-state index contributed by atoms with van der Waals surface area (Å²) < 4.78 is 0. The molecule has 0 aliphatic carbocycles. The molecular weight excluding hydrogens is 124 g/mol. The fourth-order valence-corrected chi connectivity index (χ4v) is 0.246. The molecule has 0 saturated carbocycles. The van der Waals surface area contributed by atoms with E-state index in [1.54, 1.807) is 0 Å². The minimum absolute atomic E-state index is 0.530. The predicted molar refractivity (Wildman–Crippen MR) is 26.4 cm³/mol. The van der Waals surface area contributed by atoms with E-state index in [1.165, 1.54) is 0 Å². The SMILES string of the molecule is CC(=O)/C=C(\[O-])C(=O)O. The van der Waals surface area contributed by atoms with E-state index in [4.69, 9.17) is 5.11 Å². The summed E-state index contributed by atoms with van der Waals surface area (Å²) in [6, 6.07) is 0. The third-order valence-electron chi connectivity index (χ3n) is 0.545. The van der Waals surface area contributed by atoms with Gasteiger partial charge in [0.1, 0.15) is 0 Å². The topological polar surface area (TPSA) is 77.4 Å². The highest BCUT2D eigenvalue weighted by Gasteiger charge is 1.92. The number of allylic oxidation sites excluding steroid dienone is 1. The lowest BCUT2D eigenvalue weighted by atomic mass is 10.3. The minimum atomic E-state index is -1.61. The van der Waals surface area contributed by atoms with Gasteiger partial charge in [-0.3, -0.25) is 4.79 Å². The van der Waals surface area contributed by atoms with Gasteiger partial charge < -0.3 is 10.2 Å². The molecule has 0 aromatic heterocycles. The van der Waals surface area contributed by atoms with Crippen molar-refractivity contribution in [3.8, 4) is 0 Å². The van der Waals surface area contributed by atoms with Crippen LogP contribution in [0, 0.1) is 0 Å². The van der Waals surface area contributed by atoms with Crippen LogP contribution in [-0.2, 0) is 9.59 Å². The lowest BCUT2D eigenvalue weighted by Crippen LogP contribution is -2.15. The summed E-state index contributed by atoms with van der Waals surface area (Å²) in [4.78, 5) is 19.7. The largest absolute Gasteiger partial charge is 0.868 e. The smallest absolute Gasteiger partial charge is 0.320 e. The van der Waals surface area contributed by atoms with Crippen LogP contribution in [0.3, 0.4) is 0 Å². The van der Waals surface area contributed by atoms with Crippen LogP contribution in [0.2, 0.25) is 0 Å². The lowest BCUT2D eigenvalue weighted by Gasteiger charge is -2.01. The maximum absolute atomic E-state index is 10.1. The molecule has 1 N–H and O–H groups in total.